The highest BCUT2D eigenvalue weighted by Gasteiger charge is 2.29. The number of hydrogen-bond acceptors (Lipinski definition) is 1. The summed E-state index contributed by atoms with van der Waals surface area (Å²) in [7, 11) is 0. The van der Waals surface area contributed by atoms with E-state index in [2.05, 4.69) is 41.9 Å². The Morgan fingerprint density at radius 3 is 2.12 bits per heavy atom. The van der Waals surface area contributed by atoms with Crippen LogP contribution in [0, 0.1) is 5.92 Å². The Morgan fingerprint density at radius 1 is 1.19 bits per heavy atom. The highest BCUT2D eigenvalue weighted by molar-refractivity contribution is 9.10. The summed E-state index contributed by atoms with van der Waals surface area (Å²) in [6.07, 6.45) is 2.78. The standard InChI is InChI=1S/C14H21BrO/c1-4-12(5-2)14(3,16)10-11-6-8-13(15)9-7-11/h6-9,12,16H,4-5,10H2,1-3H3. The molecule has 16 heavy (non-hydrogen) atoms. The van der Waals surface area contributed by atoms with E-state index in [0.29, 0.717) is 5.92 Å². The molecule has 0 aromatic heterocycles. The number of hydrogen-bond donors (Lipinski definition) is 1. The minimum atomic E-state index is -0.600. The average molecular weight is 285 g/mol. The van der Waals surface area contributed by atoms with Crippen molar-refractivity contribution in [3.8, 4) is 0 Å². The Hall–Kier alpha value is -0.340. The summed E-state index contributed by atoms with van der Waals surface area (Å²) in [5.41, 5.74) is 0.595. The normalized spacial score (nSPS) is 15.1. The van der Waals surface area contributed by atoms with E-state index in [1.807, 2.05) is 19.1 Å². The van der Waals surface area contributed by atoms with E-state index in [4.69, 9.17) is 0 Å². The monoisotopic (exact) mass is 284 g/mol. The van der Waals surface area contributed by atoms with Crippen LogP contribution in [-0.4, -0.2) is 10.7 Å². The fourth-order valence-corrected chi connectivity index (χ4v) is 2.59. The second-order valence-corrected chi connectivity index (χ2v) is 5.59. The Kier molecular flexibility index (Phi) is 5.00. The van der Waals surface area contributed by atoms with Crippen LogP contribution in [0.5, 0.6) is 0 Å². The topological polar surface area (TPSA) is 20.2 Å². The lowest BCUT2D eigenvalue weighted by Crippen LogP contribution is -2.36. The van der Waals surface area contributed by atoms with Gasteiger partial charge in [0.05, 0.1) is 5.60 Å². The molecular weight excluding hydrogens is 264 g/mol. The molecule has 1 aromatic carbocycles. The van der Waals surface area contributed by atoms with Crippen LogP contribution in [0.3, 0.4) is 0 Å². The van der Waals surface area contributed by atoms with Gasteiger partial charge >= 0.3 is 0 Å². The zero-order valence-electron chi connectivity index (χ0n) is 10.3. The molecule has 1 unspecified atom stereocenters. The largest absolute Gasteiger partial charge is 0.390 e. The van der Waals surface area contributed by atoms with Gasteiger partial charge in [0.1, 0.15) is 0 Å². The summed E-state index contributed by atoms with van der Waals surface area (Å²) in [5, 5.41) is 10.5. The van der Waals surface area contributed by atoms with E-state index >= 15 is 0 Å². The van der Waals surface area contributed by atoms with Gasteiger partial charge in [0.15, 0.2) is 0 Å². The summed E-state index contributed by atoms with van der Waals surface area (Å²) in [4.78, 5) is 0. The van der Waals surface area contributed by atoms with E-state index < -0.39 is 5.60 Å². The molecule has 1 rings (SSSR count). The molecule has 0 aliphatic heterocycles. The number of rotatable bonds is 5. The van der Waals surface area contributed by atoms with Crippen LogP contribution >= 0.6 is 15.9 Å². The van der Waals surface area contributed by atoms with Crippen LogP contribution in [0.25, 0.3) is 0 Å². The highest BCUT2D eigenvalue weighted by Crippen LogP contribution is 2.27. The van der Waals surface area contributed by atoms with Crippen molar-refractivity contribution in [1.29, 1.82) is 0 Å². The first kappa shape index (κ1) is 13.7. The molecule has 0 aliphatic carbocycles. The van der Waals surface area contributed by atoms with Gasteiger partial charge in [-0.15, -0.1) is 0 Å². The third kappa shape index (κ3) is 3.60. The van der Waals surface area contributed by atoms with Crippen LogP contribution in [0.4, 0.5) is 0 Å². The third-order valence-electron chi connectivity index (χ3n) is 3.34. The lowest BCUT2D eigenvalue weighted by atomic mass is 9.80. The smallest absolute Gasteiger partial charge is 0.0687 e. The fourth-order valence-electron chi connectivity index (χ4n) is 2.33. The van der Waals surface area contributed by atoms with E-state index in [0.717, 1.165) is 23.7 Å². The fraction of sp³-hybridized carbons (Fsp3) is 0.571. The quantitative estimate of drug-likeness (QED) is 0.860. The van der Waals surface area contributed by atoms with Crippen molar-refractivity contribution in [1.82, 2.24) is 0 Å². The molecule has 2 heteroatoms. The van der Waals surface area contributed by atoms with E-state index in [1.165, 1.54) is 5.56 Å². The first-order valence-corrected chi connectivity index (χ1v) is 6.75. The zero-order chi connectivity index (χ0) is 12.2. The zero-order valence-corrected chi connectivity index (χ0v) is 11.9. The van der Waals surface area contributed by atoms with E-state index in [9.17, 15) is 5.11 Å². The third-order valence-corrected chi connectivity index (χ3v) is 3.87. The molecule has 0 spiro atoms. The maximum atomic E-state index is 10.5. The SMILES string of the molecule is CCC(CC)C(C)(O)Cc1ccc(Br)cc1. The highest BCUT2D eigenvalue weighted by atomic mass is 79.9. The molecule has 90 valence electrons. The molecule has 0 saturated heterocycles. The van der Waals surface area contributed by atoms with Crippen LogP contribution in [0.1, 0.15) is 39.2 Å². The molecule has 0 saturated carbocycles. The van der Waals surface area contributed by atoms with Crippen molar-refractivity contribution in [3.63, 3.8) is 0 Å². The minimum absolute atomic E-state index is 0.371. The molecule has 0 amide bonds. The lowest BCUT2D eigenvalue weighted by Gasteiger charge is -2.32. The molecule has 1 aromatic rings. The Bertz CT molecular complexity index is 312. The maximum absolute atomic E-state index is 10.5. The number of aliphatic hydroxyl groups is 1. The van der Waals surface area contributed by atoms with Gasteiger partial charge in [0, 0.05) is 10.9 Å². The summed E-state index contributed by atoms with van der Waals surface area (Å²) in [5.74, 6) is 0.371. The number of benzene rings is 1. The van der Waals surface area contributed by atoms with Gasteiger partial charge in [-0.25, -0.2) is 0 Å². The first-order valence-electron chi connectivity index (χ1n) is 5.96. The second-order valence-electron chi connectivity index (χ2n) is 4.67. The van der Waals surface area contributed by atoms with Gasteiger partial charge in [-0.1, -0.05) is 54.8 Å². The van der Waals surface area contributed by atoms with Crippen molar-refractivity contribution < 1.29 is 5.11 Å². The van der Waals surface area contributed by atoms with E-state index in [-0.39, 0.29) is 0 Å². The average Bonchev–Trinajstić information content (AvgIpc) is 2.22. The lowest BCUT2D eigenvalue weighted by molar-refractivity contribution is -0.00410. The van der Waals surface area contributed by atoms with E-state index in [1.54, 1.807) is 0 Å². The summed E-state index contributed by atoms with van der Waals surface area (Å²) in [6, 6.07) is 8.19. The van der Waals surface area contributed by atoms with Gasteiger partial charge in [0.25, 0.3) is 0 Å². The second kappa shape index (κ2) is 5.83. The van der Waals surface area contributed by atoms with Gasteiger partial charge in [-0.3, -0.25) is 0 Å². The Morgan fingerprint density at radius 2 is 1.69 bits per heavy atom. The summed E-state index contributed by atoms with van der Waals surface area (Å²) < 4.78 is 1.08. The molecule has 1 N–H and O–H groups in total. The Balaban J connectivity index is 2.75. The van der Waals surface area contributed by atoms with Crippen molar-refractivity contribution in [2.75, 3.05) is 0 Å². The minimum Gasteiger partial charge on any atom is -0.390 e. The van der Waals surface area contributed by atoms with Crippen LogP contribution in [0.2, 0.25) is 0 Å². The van der Waals surface area contributed by atoms with Crippen molar-refractivity contribution in [2.45, 2.75) is 45.6 Å². The molecule has 0 heterocycles. The molecule has 0 radical (unpaired) electrons. The first-order chi connectivity index (χ1) is 7.49. The Labute approximate surface area is 107 Å². The van der Waals surface area contributed by atoms with Crippen molar-refractivity contribution >= 4 is 15.9 Å². The molecule has 0 aliphatic rings. The molecular formula is C14H21BrO. The predicted molar refractivity (Wildman–Crippen MR) is 72.5 cm³/mol. The van der Waals surface area contributed by atoms with Crippen LogP contribution in [0.15, 0.2) is 28.7 Å². The van der Waals surface area contributed by atoms with Gasteiger partial charge in [-0.05, 0) is 30.5 Å². The maximum Gasteiger partial charge on any atom is 0.0687 e. The molecule has 0 fully saturated rings. The van der Waals surface area contributed by atoms with Gasteiger partial charge in [-0.2, -0.15) is 0 Å². The van der Waals surface area contributed by atoms with Gasteiger partial charge in [0.2, 0.25) is 0 Å². The summed E-state index contributed by atoms with van der Waals surface area (Å²) in [6.45, 7) is 6.24. The van der Waals surface area contributed by atoms with Crippen LogP contribution < -0.4 is 0 Å². The molecule has 1 atom stereocenters. The summed E-state index contributed by atoms with van der Waals surface area (Å²) >= 11 is 3.42. The predicted octanol–water partition coefficient (Wildman–Crippen LogP) is 4.18. The van der Waals surface area contributed by atoms with Crippen LogP contribution in [-0.2, 0) is 6.42 Å². The van der Waals surface area contributed by atoms with Crippen molar-refractivity contribution in [3.05, 3.63) is 34.3 Å². The van der Waals surface area contributed by atoms with Crippen molar-refractivity contribution in [2.24, 2.45) is 5.92 Å². The molecule has 0 bridgehead atoms. The molecule has 1 nitrogen and oxygen atoms in total. The van der Waals surface area contributed by atoms with Gasteiger partial charge < -0.3 is 5.11 Å². The number of halogens is 1.